The van der Waals surface area contributed by atoms with Crippen LogP contribution >= 0.6 is 0 Å². The maximum absolute atomic E-state index is 13.1. The third kappa shape index (κ3) is 4.75. The first-order valence-corrected chi connectivity index (χ1v) is 10.4. The summed E-state index contributed by atoms with van der Waals surface area (Å²) >= 11 is 0. The molecule has 1 fully saturated rings. The summed E-state index contributed by atoms with van der Waals surface area (Å²) in [6, 6.07) is 4.28. The van der Waals surface area contributed by atoms with Gasteiger partial charge in [-0.25, -0.2) is 8.42 Å². The Hall–Kier alpha value is -1.64. The number of sulfonamides is 1. The van der Waals surface area contributed by atoms with Crippen LogP contribution in [0.2, 0.25) is 0 Å². The van der Waals surface area contributed by atoms with E-state index in [0.29, 0.717) is 56.9 Å². The van der Waals surface area contributed by atoms with Gasteiger partial charge in [0.05, 0.1) is 12.0 Å². The van der Waals surface area contributed by atoms with E-state index < -0.39 is 16.1 Å². The summed E-state index contributed by atoms with van der Waals surface area (Å²) in [5.74, 6) is 0.230. The fraction of sp³-hybridized carbons (Fsp3) is 0.611. The Bertz CT molecular complexity index is 720. The molecule has 1 heterocycles. The number of carbonyl (C=O) groups is 1. The zero-order chi connectivity index (χ0) is 19.2. The molecule has 1 atom stereocenters. The van der Waals surface area contributed by atoms with Gasteiger partial charge in [0, 0.05) is 32.4 Å². The van der Waals surface area contributed by atoms with Crippen molar-refractivity contribution in [2.45, 2.75) is 44.0 Å². The zero-order valence-corrected chi connectivity index (χ0v) is 16.5. The number of ether oxygens (including phenoxy) is 2. The maximum Gasteiger partial charge on any atom is 0.244 e. The summed E-state index contributed by atoms with van der Waals surface area (Å²) in [4.78, 5) is 12.7. The number of nitrogens with one attached hydrogen (secondary N) is 1. The molecule has 1 aliphatic heterocycles. The number of carbonyl (C=O) groups excluding carboxylic acids is 1. The molecule has 0 bridgehead atoms. The summed E-state index contributed by atoms with van der Waals surface area (Å²) in [6.45, 7) is 5.69. The van der Waals surface area contributed by atoms with Gasteiger partial charge in [0.2, 0.25) is 15.9 Å². The minimum atomic E-state index is -3.77. The molecule has 1 aromatic carbocycles. The van der Waals surface area contributed by atoms with Crippen molar-refractivity contribution in [3.63, 3.8) is 0 Å². The van der Waals surface area contributed by atoms with Gasteiger partial charge in [-0.3, -0.25) is 4.79 Å². The molecule has 1 unspecified atom stereocenters. The highest BCUT2D eigenvalue weighted by atomic mass is 32.2. The standard InChI is InChI=1S/C18H28N2O5S/c1-4-25-12-6-10-19-18(21)16-7-5-11-20(16)26(22,23)17-13-15(24-3)9-8-14(17)2/h8-9,13,16H,4-7,10-12H2,1-3H3,(H,19,21). The maximum atomic E-state index is 13.1. The summed E-state index contributed by atoms with van der Waals surface area (Å²) in [6.07, 6.45) is 1.90. The minimum absolute atomic E-state index is 0.188. The molecule has 26 heavy (non-hydrogen) atoms. The van der Waals surface area contributed by atoms with Crippen molar-refractivity contribution >= 4 is 15.9 Å². The number of methoxy groups -OCH3 is 1. The van der Waals surface area contributed by atoms with Crippen LogP contribution in [0.4, 0.5) is 0 Å². The molecule has 8 heteroatoms. The summed E-state index contributed by atoms with van der Waals surface area (Å²) in [5, 5.41) is 2.82. The van der Waals surface area contributed by atoms with E-state index >= 15 is 0 Å². The van der Waals surface area contributed by atoms with Crippen molar-refractivity contribution in [2.75, 3.05) is 33.4 Å². The van der Waals surface area contributed by atoms with Gasteiger partial charge in [0.15, 0.2) is 0 Å². The van der Waals surface area contributed by atoms with Crippen LogP contribution in [0.15, 0.2) is 23.1 Å². The number of benzene rings is 1. The van der Waals surface area contributed by atoms with Crippen LogP contribution in [0.3, 0.4) is 0 Å². The molecule has 0 aliphatic carbocycles. The van der Waals surface area contributed by atoms with Crippen LogP contribution in [0.25, 0.3) is 0 Å². The highest BCUT2D eigenvalue weighted by molar-refractivity contribution is 7.89. The van der Waals surface area contributed by atoms with E-state index in [1.54, 1.807) is 19.1 Å². The second-order valence-electron chi connectivity index (χ2n) is 6.25. The zero-order valence-electron chi connectivity index (χ0n) is 15.7. The van der Waals surface area contributed by atoms with Gasteiger partial charge in [-0.1, -0.05) is 6.07 Å². The quantitative estimate of drug-likeness (QED) is 0.655. The molecule has 1 aromatic rings. The molecule has 1 N–H and O–H groups in total. The SMILES string of the molecule is CCOCCCNC(=O)C1CCCN1S(=O)(=O)c1cc(OC)ccc1C. The van der Waals surface area contributed by atoms with Crippen LogP contribution in [0.5, 0.6) is 5.75 Å². The molecule has 1 amide bonds. The summed E-state index contributed by atoms with van der Waals surface area (Å²) in [5.41, 5.74) is 0.633. The molecule has 0 saturated carbocycles. The Kier molecular flexibility index (Phi) is 7.43. The Morgan fingerprint density at radius 1 is 1.38 bits per heavy atom. The van der Waals surface area contributed by atoms with Crippen LogP contribution < -0.4 is 10.1 Å². The highest BCUT2D eigenvalue weighted by Gasteiger charge is 2.39. The lowest BCUT2D eigenvalue weighted by Crippen LogP contribution is -2.46. The summed E-state index contributed by atoms with van der Waals surface area (Å²) < 4.78 is 38.0. The third-order valence-corrected chi connectivity index (χ3v) is 6.51. The lowest BCUT2D eigenvalue weighted by atomic mass is 10.2. The first kappa shape index (κ1) is 20.7. The first-order valence-electron chi connectivity index (χ1n) is 8.93. The number of hydrogen-bond donors (Lipinski definition) is 1. The van der Waals surface area contributed by atoms with Gasteiger partial charge in [-0.05, 0) is 44.7 Å². The Morgan fingerprint density at radius 3 is 2.85 bits per heavy atom. The van der Waals surface area contributed by atoms with Crippen LogP contribution in [0, 0.1) is 6.92 Å². The molecular weight excluding hydrogens is 356 g/mol. The van der Waals surface area contributed by atoms with Crippen LogP contribution in [-0.2, 0) is 19.6 Å². The molecule has 0 spiro atoms. The van der Waals surface area contributed by atoms with E-state index in [4.69, 9.17) is 9.47 Å². The molecule has 2 rings (SSSR count). The lowest BCUT2D eigenvalue weighted by Gasteiger charge is -2.24. The average molecular weight is 384 g/mol. The second kappa shape index (κ2) is 9.34. The van der Waals surface area contributed by atoms with Crippen molar-refractivity contribution in [1.29, 1.82) is 0 Å². The van der Waals surface area contributed by atoms with Gasteiger partial charge in [0.25, 0.3) is 0 Å². The van der Waals surface area contributed by atoms with E-state index in [9.17, 15) is 13.2 Å². The number of amides is 1. The number of rotatable bonds is 9. The third-order valence-electron chi connectivity index (χ3n) is 4.46. The van der Waals surface area contributed by atoms with Crippen molar-refractivity contribution < 1.29 is 22.7 Å². The molecule has 0 radical (unpaired) electrons. The molecular formula is C18H28N2O5S. The lowest BCUT2D eigenvalue weighted by molar-refractivity contribution is -0.124. The van der Waals surface area contributed by atoms with E-state index in [0.717, 1.165) is 0 Å². The van der Waals surface area contributed by atoms with Crippen molar-refractivity contribution in [3.8, 4) is 5.75 Å². The second-order valence-corrected chi connectivity index (χ2v) is 8.11. The largest absolute Gasteiger partial charge is 0.497 e. The Balaban J connectivity index is 2.12. The van der Waals surface area contributed by atoms with Crippen LogP contribution in [-0.4, -0.2) is 58.1 Å². The predicted molar refractivity (Wildman–Crippen MR) is 98.8 cm³/mol. The summed E-state index contributed by atoms with van der Waals surface area (Å²) in [7, 11) is -2.27. The van der Waals surface area contributed by atoms with Gasteiger partial charge in [-0.2, -0.15) is 4.31 Å². The van der Waals surface area contributed by atoms with E-state index in [2.05, 4.69) is 5.32 Å². The van der Waals surface area contributed by atoms with E-state index in [1.165, 1.54) is 17.5 Å². The fourth-order valence-electron chi connectivity index (χ4n) is 3.05. The molecule has 146 valence electrons. The fourth-order valence-corrected chi connectivity index (χ4v) is 4.95. The Morgan fingerprint density at radius 2 is 2.15 bits per heavy atom. The molecule has 0 aromatic heterocycles. The van der Waals surface area contributed by atoms with Gasteiger partial charge in [-0.15, -0.1) is 0 Å². The number of nitrogens with zero attached hydrogens (tertiary/aromatic N) is 1. The minimum Gasteiger partial charge on any atom is -0.497 e. The van der Waals surface area contributed by atoms with Crippen LogP contribution in [0.1, 0.15) is 31.7 Å². The number of hydrogen-bond acceptors (Lipinski definition) is 5. The highest BCUT2D eigenvalue weighted by Crippen LogP contribution is 2.30. The van der Waals surface area contributed by atoms with Gasteiger partial charge in [0.1, 0.15) is 11.8 Å². The van der Waals surface area contributed by atoms with E-state index in [-0.39, 0.29) is 10.8 Å². The van der Waals surface area contributed by atoms with E-state index in [1.807, 2.05) is 6.92 Å². The van der Waals surface area contributed by atoms with Crippen molar-refractivity contribution in [3.05, 3.63) is 23.8 Å². The molecule has 1 aliphatic rings. The average Bonchev–Trinajstić information content (AvgIpc) is 3.12. The van der Waals surface area contributed by atoms with Gasteiger partial charge < -0.3 is 14.8 Å². The van der Waals surface area contributed by atoms with Gasteiger partial charge >= 0.3 is 0 Å². The monoisotopic (exact) mass is 384 g/mol. The number of aryl methyl sites for hydroxylation is 1. The molecule has 1 saturated heterocycles. The van der Waals surface area contributed by atoms with Crippen molar-refractivity contribution in [1.82, 2.24) is 9.62 Å². The molecule has 7 nitrogen and oxygen atoms in total. The topological polar surface area (TPSA) is 84.9 Å². The smallest absolute Gasteiger partial charge is 0.244 e. The van der Waals surface area contributed by atoms with Crippen molar-refractivity contribution in [2.24, 2.45) is 0 Å². The normalized spacial score (nSPS) is 18.0. The first-order chi connectivity index (χ1) is 12.4. The Labute approximate surface area is 155 Å². The predicted octanol–water partition coefficient (Wildman–Crippen LogP) is 1.70.